The van der Waals surface area contributed by atoms with E-state index in [9.17, 15) is 4.79 Å². The molecule has 0 aliphatic carbocycles. The number of carbonyl (C=O) groups excluding carboxylic acids is 1. The predicted octanol–water partition coefficient (Wildman–Crippen LogP) is 3.40. The first-order valence-electron chi connectivity index (χ1n) is 11.6. The lowest BCUT2D eigenvalue weighted by Crippen LogP contribution is -2.36. The zero-order chi connectivity index (χ0) is 22.8. The number of hydrogen-bond acceptors (Lipinski definition) is 7. The average Bonchev–Trinajstić information content (AvgIpc) is 3.58. The van der Waals surface area contributed by atoms with Crippen molar-refractivity contribution in [3.63, 3.8) is 0 Å². The number of amides is 1. The fraction of sp³-hybridized carbons (Fsp3) is 0.458. The van der Waals surface area contributed by atoms with E-state index in [0.29, 0.717) is 57.8 Å². The highest BCUT2D eigenvalue weighted by Crippen LogP contribution is 2.47. The average molecular weight is 452 g/mol. The number of aromatic nitrogens is 3. The largest absolute Gasteiger partial charge is 0.493 e. The molecule has 4 heterocycles. The van der Waals surface area contributed by atoms with Gasteiger partial charge in [-0.2, -0.15) is 0 Å². The maximum absolute atomic E-state index is 13.1. The molecule has 9 heteroatoms. The summed E-state index contributed by atoms with van der Waals surface area (Å²) in [7, 11) is 0. The van der Waals surface area contributed by atoms with Gasteiger partial charge in [0.1, 0.15) is 23.3 Å². The van der Waals surface area contributed by atoms with Crippen LogP contribution >= 0.6 is 0 Å². The summed E-state index contributed by atoms with van der Waals surface area (Å²) in [6, 6.07) is 4.27. The number of aromatic amines is 1. The number of unbranched alkanes of at least 4 members (excludes halogenated alkanes) is 1. The summed E-state index contributed by atoms with van der Waals surface area (Å²) >= 11 is 0. The molecule has 174 valence electrons. The van der Waals surface area contributed by atoms with Gasteiger partial charge in [0.2, 0.25) is 6.79 Å². The van der Waals surface area contributed by atoms with Crippen molar-refractivity contribution in [3.05, 3.63) is 30.2 Å². The molecule has 2 atom stereocenters. The molecule has 2 aliphatic heterocycles. The molecule has 1 fully saturated rings. The van der Waals surface area contributed by atoms with Crippen LogP contribution in [0.5, 0.6) is 17.2 Å². The summed E-state index contributed by atoms with van der Waals surface area (Å²) < 4.78 is 17.4. The predicted molar refractivity (Wildman–Crippen MR) is 124 cm³/mol. The minimum atomic E-state index is -0.147. The van der Waals surface area contributed by atoms with Crippen LogP contribution in [0.1, 0.15) is 49.9 Å². The third-order valence-electron chi connectivity index (χ3n) is 6.25. The monoisotopic (exact) mass is 451 g/mol. The molecule has 1 saturated heterocycles. The van der Waals surface area contributed by atoms with Crippen molar-refractivity contribution < 1.29 is 19.0 Å². The fourth-order valence-corrected chi connectivity index (χ4v) is 4.43. The van der Waals surface area contributed by atoms with E-state index in [-0.39, 0.29) is 18.7 Å². The molecule has 1 amide bonds. The third kappa shape index (κ3) is 4.08. The second kappa shape index (κ2) is 9.27. The van der Waals surface area contributed by atoms with E-state index in [1.807, 2.05) is 12.1 Å². The summed E-state index contributed by atoms with van der Waals surface area (Å²) in [4.78, 5) is 25.2. The standard InChI is InChI=1S/C24H29N5O4/c1-3-5-8-31-17-6-7-18-23(33-13-32-18)19(17)21-22-20(27-12-28-21)16(11-26-22)24(30)29-15-9-14(4-2)25-10-15/h6-7,11-12,14-15,25-26H,3-5,8-10,13H2,1-2H3,(H,29,30)/t14?,15-/m1/s1. The maximum atomic E-state index is 13.1. The highest BCUT2D eigenvalue weighted by molar-refractivity contribution is 6.08. The van der Waals surface area contributed by atoms with Crippen LogP contribution in [0.3, 0.4) is 0 Å². The Balaban J connectivity index is 1.50. The molecule has 9 nitrogen and oxygen atoms in total. The van der Waals surface area contributed by atoms with E-state index in [1.165, 1.54) is 6.33 Å². The Hall–Kier alpha value is -3.33. The van der Waals surface area contributed by atoms with E-state index < -0.39 is 0 Å². The molecule has 0 saturated carbocycles. The molecule has 3 aromatic rings. The Morgan fingerprint density at radius 3 is 3.00 bits per heavy atom. The zero-order valence-corrected chi connectivity index (χ0v) is 18.9. The molecule has 2 aliphatic rings. The number of benzene rings is 1. The van der Waals surface area contributed by atoms with Gasteiger partial charge in [0.15, 0.2) is 11.5 Å². The summed E-state index contributed by atoms with van der Waals surface area (Å²) in [6.45, 7) is 5.77. The third-order valence-corrected chi connectivity index (χ3v) is 6.25. The molecule has 33 heavy (non-hydrogen) atoms. The maximum Gasteiger partial charge on any atom is 0.255 e. The molecular formula is C24H29N5O4. The molecular weight excluding hydrogens is 422 g/mol. The molecule has 5 rings (SSSR count). The van der Waals surface area contributed by atoms with Gasteiger partial charge in [-0.15, -0.1) is 0 Å². The Labute approximate surface area is 192 Å². The minimum absolute atomic E-state index is 0.107. The van der Waals surface area contributed by atoms with E-state index >= 15 is 0 Å². The van der Waals surface area contributed by atoms with Crippen molar-refractivity contribution >= 4 is 16.9 Å². The van der Waals surface area contributed by atoms with E-state index in [1.54, 1.807) is 6.20 Å². The van der Waals surface area contributed by atoms with Gasteiger partial charge < -0.3 is 29.8 Å². The van der Waals surface area contributed by atoms with E-state index in [0.717, 1.165) is 32.2 Å². The molecule has 0 bridgehead atoms. The minimum Gasteiger partial charge on any atom is -0.493 e. The van der Waals surface area contributed by atoms with Gasteiger partial charge in [-0.25, -0.2) is 9.97 Å². The lowest BCUT2D eigenvalue weighted by atomic mass is 10.1. The van der Waals surface area contributed by atoms with Crippen LogP contribution in [0.15, 0.2) is 24.7 Å². The Morgan fingerprint density at radius 2 is 2.18 bits per heavy atom. The Bertz CT molecular complexity index is 1160. The van der Waals surface area contributed by atoms with Gasteiger partial charge in [-0.3, -0.25) is 4.79 Å². The van der Waals surface area contributed by atoms with Crippen LogP contribution in [0.25, 0.3) is 22.3 Å². The van der Waals surface area contributed by atoms with Crippen molar-refractivity contribution in [1.82, 2.24) is 25.6 Å². The van der Waals surface area contributed by atoms with Gasteiger partial charge in [0.05, 0.1) is 23.3 Å². The van der Waals surface area contributed by atoms with Gasteiger partial charge in [0.25, 0.3) is 5.91 Å². The Morgan fingerprint density at radius 1 is 1.27 bits per heavy atom. The normalized spacial score (nSPS) is 19.2. The van der Waals surface area contributed by atoms with Crippen LogP contribution in [0, 0.1) is 0 Å². The van der Waals surface area contributed by atoms with Crippen LogP contribution < -0.4 is 24.8 Å². The number of H-pyrrole nitrogens is 1. The summed E-state index contributed by atoms with van der Waals surface area (Å²) in [5, 5.41) is 6.57. The second-order valence-corrected chi connectivity index (χ2v) is 8.44. The zero-order valence-electron chi connectivity index (χ0n) is 18.9. The highest BCUT2D eigenvalue weighted by atomic mass is 16.7. The molecule has 0 radical (unpaired) electrons. The summed E-state index contributed by atoms with van der Waals surface area (Å²) in [6.07, 6.45) is 7.10. The molecule has 2 aromatic heterocycles. The molecule has 3 N–H and O–H groups in total. The molecule has 0 spiro atoms. The van der Waals surface area contributed by atoms with Crippen molar-refractivity contribution in [1.29, 1.82) is 0 Å². The number of rotatable bonds is 8. The van der Waals surface area contributed by atoms with Crippen molar-refractivity contribution in [2.45, 2.75) is 51.6 Å². The van der Waals surface area contributed by atoms with Gasteiger partial charge in [-0.05, 0) is 31.4 Å². The van der Waals surface area contributed by atoms with Gasteiger partial charge in [0, 0.05) is 24.8 Å². The topological polar surface area (TPSA) is 110 Å². The van der Waals surface area contributed by atoms with Crippen LogP contribution in [0.2, 0.25) is 0 Å². The van der Waals surface area contributed by atoms with E-state index in [4.69, 9.17) is 14.2 Å². The number of carbonyl (C=O) groups is 1. The number of ether oxygens (including phenoxy) is 3. The second-order valence-electron chi connectivity index (χ2n) is 8.44. The van der Waals surface area contributed by atoms with Gasteiger partial charge in [-0.1, -0.05) is 20.3 Å². The Kier molecular flexibility index (Phi) is 6.04. The van der Waals surface area contributed by atoms with Gasteiger partial charge >= 0.3 is 0 Å². The highest BCUT2D eigenvalue weighted by Gasteiger charge is 2.28. The van der Waals surface area contributed by atoms with Crippen molar-refractivity contribution in [2.24, 2.45) is 0 Å². The van der Waals surface area contributed by atoms with Crippen molar-refractivity contribution in [3.8, 4) is 28.5 Å². The fourth-order valence-electron chi connectivity index (χ4n) is 4.43. The van der Waals surface area contributed by atoms with Crippen LogP contribution in [-0.2, 0) is 0 Å². The van der Waals surface area contributed by atoms with Crippen molar-refractivity contribution in [2.75, 3.05) is 19.9 Å². The number of nitrogens with one attached hydrogen (secondary N) is 3. The van der Waals surface area contributed by atoms with E-state index in [2.05, 4.69) is 39.4 Å². The number of fused-ring (bicyclic) bond motifs is 2. The number of hydrogen-bond donors (Lipinski definition) is 3. The number of nitrogens with zero attached hydrogens (tertiary/aromatic N) is 2. The smallest absolute Gasteiger partial charge is 0.255 e. The summed E-state index contributed by atoms with van der Waals surface area (Å²) in [5.41, 5.74) is 3.02. The first-order chi connectivity index (χ1) is 16.2. The first-order valence-corrected chi connectivity index (χ1v) is 11.6. The van der Waals surface area contributed by atoms with Crippen LogP contribution in [0.4, 0.5) is 0 Å². The quantitative estimate of drug-likeness (QED) is 0.450. The first kappa shape index (κ1) is 21.5. The molecule has 1 aromatic carbocycles. The van der Waals surface area contributed by atoms with Crippen LogP contribution in [-0.4, -0.2) is 52.9 Å². The SMILES string of the molecule is CCCCOc1ccc2c(c1-c1ncnc3c(C(=O)N[C@H]4CNC(CC)C4)c[nH]c13)OCO2. The lowest BCUT2D eigenvalue weighted by Gasteiger charge is -2.14. The lowest BCUT2D eigenvalue weighted by molar-refractivity contribution is 0.0941. The molecule has 1 unspecified atom stereocenters. The summed E-state index contributed by atoms with van der Waals surface area (Å²) in [5.74, 6) is 1.75.